The molecule has 5 heteroatoms. The Labute approximate surface area is 131 Å². The van der Waals surface area contributed by atoms with E-state index in [0.29, 0.717) is 12.6 Å². The van der Waals surface area contributed by atoms with Gasteiger partial charge in [-0.05, 0) is 51.3 Å². The van der Waals surface area contributed by atoms with Crippen molar-refractivity contribution in [3.8, 4) is 0 Å². The quantitative estimate of drug-likeness (QED) is 0.748. The van der Waals surface area contributed by atoms with Crippen molar-refractivity contribution in [3.63, 3.8) is 0 Å². The number of hydrogen-bond acceptors (Lipinski definition) is 5. The fourth-order valence-electron chi connectivity index (χ4n) is 4.03. The predicted molar refractivity (Wildman–Crippen MR) is 84.6 cm³/mol. The number of nitrogens with zero attached hydrogens (tertiary/aromatic N) is 1. The first-order valence-electron chi connectivity index (χ1n) is 8.38. The Kier molecular flexibility index (Phi) is 5.12. The topological polar surface area (TPSA) is 38.8 Å². The fourth-order valence-corrected chi connectivity index (χ4v) is 5.41. The van der Waals surface area contributed by atoms with Crippen LogP contribution in [-0.4, -0.2) is 59.8 Å². The van der Waals surface area contributed by atoms with Crippen LogP contribution in [0.15, 0.2) is 0 Å². The molecule has 3 aliphatic heterocycles. The molecule has 0 aromatic rings. The molecule has 0 bridgehead atoms. The Balaban J connectivity index is 1.69. The van der Waals surface area contributed by atoms with Gasteiger partial charge in [0.2, 0.25) is 0 Å². The summed E-state index contributed by atoms with van der Waals surface area (Å²) in [7, 11) is 0. The second-order valence-corrected chi connectivity index (χ2v) is 7.59. The number of thioether (sulfide) groups is 1. The molecule has 120 valence electrons. The Bertz CT molecular complexity index is 371. The molecule has 21 heavy (non-hydrogen) atoms. The number of carbonyl (C=O) groups is 1. The van der Waals surface area contributed by atoms with Gasteiger partial charge in [-0.15, -0.1) is 0 Å². The lowest BCUT2D eigenvalue weighted by atomic mass is 9.87. The number of esters is 1. The van der Waals surface area contributed by atoms with Gasteiger partial charge in [-0.2, -0.15) is 11.8 Å². The van der Waals surface area contributed by atoms with Gasteiger partial charge in [0.25, 0.3) is 0 Å². The smallest absolute Gasteiger partial charge is 0.323 e. The summed E-state index contributed by atoms with van der Waals surface area (Å²) in [6, 6.07) is 0.472. The highest BCUT2D eigenvalue weighted by Crippen LogP contribution is 2.40. The molecule has 3 saturated heterocycles. The molecule has 0 aromatic carbocycles. The van der Waals surface area contributed by atoms with E-state index in [9.17, 15) is 4.79 Å². The van der Waals surface area contributed by atoms with Crippen molar-refractivity contribution < 1.29 is 14.3 Å². The largest absolute Gasteiger partial charge is 0.465 e. The number of piperidine rings is 1. The van der Waals surface area contributed by atoms with Crippen molar-refractivity contribution in [2.75, 3.05) is 31.3 Å². The number of hydrogen-bond donors (Lipinski definition) is 0. The van der Waals surface area contributed by atoms with E-state index in [1.165, 1.54) is 18.6 Å². The highest BCUT2D eigenvalue weighted by Gasteiger charge is 2.44. The van der Waals surface area contributed by atoms with Gasteiger partial charge in [-0.25, -0.2) is 0 Å². The van der Waals surface area contributed by atoms with E-state index >= 15 is 0 Å². The summed E-state index contributed by atoms with van der Waals surface area (Å²) in [5.74, 6) is 2.33. The van der Waals surface area contributed by atoms with Crippen molar-refractivity contribution in [2.24, 2.45) is 0 Å². The van der Waals surface area contributed by atoms with Crippen LogP contribution in [0.2, 0.25) is 0 Å². The lowest BCUT2D eigenvalue weighted by molar-refractivity contribution is -0.156. The number of carbonyl (C=O) groups excluding carboxylic acids is 1. The van der Waals surface area contributed by atoms with Crippen LogP contribution < -0.4 is 0 Å². The minimum absolute atomic E-state index is 0.0152. The van der Waals surface area contributed by atoms with E-state index in [2.05, 4.69) is 4.90 Å². The van der Waals surface area contributed by atoms with Crippen LogP contribution in [0.3, 0.4) is 0 Å². The summed E-state index contributed by atoms with van der Waals surface area (Å²) in [5.41, 5.74) is 0.0875. The summed E-state index contributed by atoms with van der Waals surface area (Å²) < 4.78 is 11.4. The number of ether oxygens (including phenoxy) is 2. The summed E-state index contributed by atoms with van der Waals surface area (Å²) in [4.78, 5) is 14.7. The first-order valence-corrected chi connectivity index (χ1v) is 9.54. The van der Waals surface area contributed by atoms with Crippen LogP contribution in [0, 0.1) is 0 Å². The molecule has 4 nitrogen and oxygen atoms in total. The molecule has 3 rings (SSSR count). The zero-order chi connectivity index (χ0) is 14.7. The van der Waals surface area contributed by atoms with Crippen molar-refractivity contribution in [2.45, 2.75) is 63.1 Å². The van der Waals surface area contributed by atoms with Crippen LogP contribution in [0.25, 0.3) is 0 Å². The lowest BCUT2D eigenvalue weighted by Gasteiger charge is -2.46. The Morgan fingerprint density at radius 2 is 2.33 bits per heavy atom. The summed E-state index contributed by atoms with van der Waals surface area (Å²) in [6.07, 6.45) is 6.63. The van der Waals surface area contributed by atoms with Gasteiger partial charge in [0.1, 0.15) is 6.04 Å². The lowest BCUT2D eigenvalue weighted by Crippen LogP contribution is -2.55. The maximum absolute atomic E-state index is 12.3. The second kappa shape index (κ2) is 6.88. The van der Waals surface area contributed by atoms with Crippen LogP contribution >= 0.6 is 11.8 Å². The molecule has 0 radical (unpaired) electrons. The van der Waals surface area contributed by atoms with Crippen molar-refractivity contribution >= 4 is 17.7 Å². The average molecular weight is 313 g/mol. The third-order valence-electron chi connectivity index (χ3n) is 5.11. The zero-order valence-electron chi connectivity index (χ0n) is 13.0. The first kappa shape index (κ1) is 15.6. The zero-order valence-corrected chi connectivity index (χ0v) is 13.8. The van der Waals surface area contributed by atoms with Gasteiger partial charge in [0.05, 0.1) is 12.2 Å². The van der Waals surface area contributed by atoms with E-state index in [0.717, 1.165) is 44.6 Å². The molecule has 0 N–H and O–H groups in total. The van der Waals surface area contributed by atoms with E-state index in [1.807, 2.05) is 18.7 Å². The minimum Gasteiger partial charge on any atom is -0.465 e. The van der Waals surface area contributed by atoms with Gasteiger partial charge < -0.3 is 9.47 Å². The molecule has 3 unspecified atom stereocenters. The average Bonchev–Trinajstić information content (AvgIpc) is 2.95. The van der Waals surface area contributed by atoms with E-state index in [1.54, 1.807) is 0 Å². The van der Waals surface area contributed by atoms with Crippen LogP contribution in [-0.2, 0) is 14.3 Å². The molecular weight excluding hydrogens is 286 g/mol. The maximum Gasteiger partial charge on any atom is 0.323 e. The molecule has 3 heterocycles. The highest BCUT2D eigenvalue weighted by atomic mass is 32.2. The summed E-state index contributed by atoms with van der Waals surface area (Å²) >= 11 is 2.01. The predicted octanol–water partition coefficient (Wildman–Crippen LogP) is 2.46. The molecule has 0 aliphatic carbocycles. The van der Waals surface area contributed by atoms with Crippen molar-refractivity contribution in [1.82, 2.24) is 4.90 Å². The van der Waals surface area contributed by atoms with Crippen LogP contribution in [0.5, 0.6) is 0 Å². The summed E-state index contributed by atoms with van der Waals surface area (Å²) in [6.45, 7) is 4.26. The molecule has 0 saturated carbocycles. The molecule has 3 aliphatic rings. The highest BCUT2D eigenvalue weighted by molar-refractivity contribution is 7.99. The third kappa shape index (κ3) is 3.40. The third-order valence-corrected chi connectivity index (χ3v) is 6.33. The van der Waals surface area contributed by atoms with Gasteiger partial charge in [0, 0.05) is 18.4 Å². The van der Waals surface area contributed by atoms with E-state index in [4.69, 9.17) is 9.47 Å². The fraction of sp³-hybridized carbons (Fsp3) is 0.938. The number of likely N-dealkylation sites (tertiary alicyclic amines) is 1. The van der Waals surface area contributed by atoms with Crippen LogP contribution in [0.1, 0.15) is 45.4 Å². The molecular formula is C16H27NO3S. The van der Waals surface area contributed by atoms with Crippen molar-refractivity contribution in [3.05, 3.63) is 0 Å². The first-order chi connectivity index (χ1) is 10.2. The number of rotatable bonds is 3. The monoisotopic (exact) mass is 313 g/mol. The molecule has 0 aromatic heterocycles. The van der Waals surface area contributed by atoms with E-state index < -0.39 is 0 Å². The molecule has 3 atom stereocenters. The molecule has 1 spiro atoms. The maximum atomic E-state index is 12.3. The summed E-state index contributed by atoms with van der Waals surface area (Å²) in [5, 5.41) is 0. The Morgan fingerprint density at radius 1 is 1.43 bits per heavy atom. The van der Waals surface area contributed by atoms with Gasteiger partial charge >= 0.3 is 5.97 Å². The molecule has 3 fully saturated rings. The second-order valence-electron chi connectivity index (χ2n) is 6.48. The Hall–Kier alpha value is -0.260. The Morgan fingerprint density at radius 3 is 3.10 bits per heavy atom. The standard InChI is InChI=1S/C16H27NO3S/c1-2-19-15(18)14-5-3-4-8-17(14)13-6-9-20-16(11-13)7-10-21-12-16/h13-14H,2-12H2,1H3. The van der Waals surface area contributed by atoms with E-state index in [-0.39, 0.29) is 17.6 Å². The van der Waals surface area contributed by atoms with Crippen molar-refractivity contribution in [1.29, 1.82) is 0 Å². The van der Waals surface area contributed by atoms with Crippen LogP contribution in [0.4, 0.5) is 0 Å². The van der Waals surface area contributed by atoms with Gasteiger partial charge in [-0.1, -0.05) is 6.42 Å². The normalized spacial score (nSPS) is 37.8. The van der Waals surface area contributed by atoms with Gasteiger partial charge in [0.15, 0.2) is 0 Å². The van der Waals surface area contributed by atoms with Gasteiger partial charge in [-0.3, -0.25) is 9.69 Å². The molecule has 0 amide bonds. The minimum atomic E-state index is -0.0205. The SMILES string of the molecule is CCOC(=O)C1CCCCN1C1CCOC2(CCSC2)C1.